The zero-order valence-electron chi connectivity index (χ0n) is 6.02. The van der Waals surface area contributed by atoms with E-state index in [1.165, 1.54) is 6.07 Å². The van der Waals surface area contributed by atoms with E-state index in [4.69, 9.17) is 0 Å². The maximum absolute atomic E-state index is 10.4. The van der Waals surface area contributed by atoms with Crippen LogP contribution in [0.25, 0.3) is 16.6 Å². The molecule has 2 aliphatic rings. The van der Waals surface area contributed by atoms with Gasteiger partial charge in [-0.3, -0.25) is 10.1 Å². The minimum Gasteiger partial charge on any atom is -0.312 e. The normalized spacial score (nSPS) is 12.0. The van der Waals surface area contributed by atoms with Crippen LogP contribution in [-0.2, 0) is 0 Å². The van der Waals surface area contributed by atoms with Crippen LogP contribution in [0.2, 0.25) is 0 Å². The first-order valence-electron chi connectivity index (χ1n) is 3.57. The second-order valence-corrected chi connectivity index (χ2v) is 2.84. The Labute approximate surface area is 67.2 Å². The van der Waals surface area contributed by atoms with Gasteiger partial charge < -0.3 is 4.57 Å². The van der Waals surface area contributed by atoms with Gasteiger partial charge in [0.2, 0.25) is 0 Å². The van der Waals surface area contributed by atoms with Gasteiger partial charge in [-0.2, -0.15) is 0 Å². The van der Waals surface area contributed by atoms with E-state index in [1.54, 1.807) is 12.1 Å². The molecule has 0 atom stereocenters. The van der Waals surface area contributed by atoms with Gasteiger partial charge in [-0.15, -0.1) is 0 Å². The summed E-state index contributed by atoms with van der Waals surface area (Å²) >= 11 is 0. The van der Waals surface area contributed by atoms with Gasteiger partial charge >= 0.3 is 0 Å². The van der Waals surface area contributed by atoms with E-state index >= 15 is 0 Å². The number of nitro benzene ring substituents is 1. The first-order chi connectivity index (χ1) is 5.77. The second kappa shape index (κ2) is 1.50. The van der Waals surface area contributed by atoms with Gasteiger partial charge in [-0.05, 0) is 6.07 Å². The summed E-state index contributed by atoms with van der Waals surface area (Å²) in [6.07, 6.45) is 1.97. The van der Waals surface area contributed by atoms with E-state index < -0.39 is 0 Å². The molecule has 0 amide bonds. The summed E-state index contributed by atoms with van der Waals surface area (Å²) in [4.78, 5) is 10.0. The molecule has 0 spiro atoms. The highest BCUT2D eigenvalue weighted by atomic mass is 16.6. The number of nitro groups is 1. The predicted octanol–water partition coefficient (Wildman–Crippen LogP) is 1.85. The maximum atomic E-state index is 10.4. The molecule has 2 aliphatic heterocycles. The van der Waals surface area contributed by atoms with Crippen molar-refractivity contribution in [3.05, 3.63) is 34.5 Å². The van der Waals surface area contributed by atoms with Gasteiger partial charge in [0.25, 0.3) is 5.69 Å². The van der Waals surface area contributed by atoms with Crippen LogP contribution in [0.4, 0.5) is 5.69 Å². The van der Waals surface area contributed by atoms with E-state index in [0.29, 0.717) is 0 Å². The standard InChI is InChI=1S/C8H4N2O2/c11-10(12)5-1-2-7-6(3-5)8-4-9(7)8/h1-4H. The van der Waals surface area contributed by atoms with Crippen LogP contribution in [0.15, 0.2) is 24.4 Å². The minimum atomic E-state index is -0.369. The largest absolute Gasteiger partial charge is 0.312 e. The lowest BCUT2D eigenvalue weighted by Crippen LogP contribution is -1.91. The molecule has 2 heterocycles. The summed E-state index contributed by atoms with van der Waals surface area (Å²) in [5.41, 5.74) is 2.37. The smallest absolute Gasteiger partial charge is 0.270 e. The van der Waals surface area contributed by atoms with Gasteiger partial charge in [-0.25, -0.2) is 0 Å². The lowest BCUT2D eigenvalue weighted by molar-refractivity contribution is -0.384. The van der Waals surface area contributed by atoms with Crippen molar-refractivity contribution >= 4 is 16.6 Å². The molecule has 0 aromatic heterocycles. The molecule has 0 fully saturated rings. The molecule has 1 aromatic rings. The van der Waals surface area contributed by atoms with Crippen molar-refractivity contribution in [1.29, 1.82) is 0 Å². The Morgan fingerprint density at radius 3 is 3.00 bits per heavy atom. The van der Waals surface area contributed by atoms with Crippen molar-refractivity contribution in [2.45, 2.75) is 0 Å². The molecule has 1 aromatic carbocycles. The van der Waals surface area contributed by atoms with Gasteiger partial charge in [0.1, 0.15) is 0 Å². The Morgan fingerprint density at radius 2 is 2.25 bits per heavy atom. The number of hydrogen-bond acceptors (Lipinski definition) is 2. The molecule has 3 rings (SSSR count). The van der Waals surface area contributed by atoms with Crippen molar-refractivity contribution in [3.63, 3.8) is 0 Å². The topological polar surface area (TPSA) is 48.1 Å². The van der Waals surface area contributed by atoms with Crippen molar-refractivity contribution in [3.8, 4) is 5.69 Å². The van der Waals surface area contributed by atoms with Crippen molar-refractivity contribution in [2.24, 2.45) is 0 Å². The van der Waals surface area contributed by atoms with E-state index in [-0.39, 0.29) is 10.6 Å². The summed E-state index contributed by atoms with van der Waals surface area (Å²) in [6, 6.07) is 4.92. The fourth-order valence-corrected chi connectivity index (χ4v) is 1.49. The van der Waals surface area contributed by atoms with Gasteiger partial charge in [-0.1, -0.05) is 0 Å². The molecule has 0 saturated carbocycles. The third-order valence-electron chi connectivity index (χ3n) is 2.17. The summed E-state index contributed by atoms with van der Waals surface area (Å²) in [6.45, 7) is 0. The van der Waals surface area contributed by atoms with Crippen LogP contribution < -0.4 is 0 Å². The SMILES string of the molecule is O=[N+]([O-])c1ccc2c(c1)c1cn2-1. The first-order valence-corrected chi connectivity index (χ1v) is 3.57. The Morgan fingerprint density at radius 1 is 1.42 bits per heavy atom. The Balaban J connectivity index is 2.32. The summed E-state index contributed by atoms with van der Waals surface area (Å²) in [5.74, 6) is 0. The van der Waals surface area contributed by atoms with Crippen LogP contribution in [0.5, 0.6) is 0 Å². The monoisotopic (exact) mass is 160 g/mol. The Kier molecular flexibility index (Phi) is 0.721. The number of non-ortho nitro benzene ring substituents is 1. The van der Waals surface area contributed by atoms with E-state index in [2.05, 4.69) is 0 Å². The number of fused-ring (bicyclic) bond motifs is 4. The Bertz CT molecular complexity index is 513. The maximum Gasteiger partial charge on any atom is 0.270 e. The zero-order chi connectivity index (χ0) is 8.29. The van der Waals surface area contributed by atoms with Crippen LogP contribution in [0.1, 0.15) is 0 Å². The fraction of sp³-hybridized carbons (Fsp3) is 0. The molecule has 4 nitrogen and oxygen atoms in total. The molecule has 0 N–H and O–H groups in total. The summed E-state index contributed by atoms with van der Waals surface area (Å²) < 4.78 is 2.01. The average molecular weight is 160 g/mol. The minimum absolute atomic E-state index is 0.168. The molecular formula is C8H4N2O2. The quantitative estimate of drug-likeness (QED) is 0.403. The highest BCUT2D eigenvalue weighted by Gasteiger charge is 2.24. The predicted molar refractivity (Wildman–Crippen MR) is 43.5 cm³/mol. The molecule has 4 heteroatoms. The Hall–Kier alpha value is -1.84. The zero-order valence-corrected chi connectivity index (χ0v) is 6.02. The lowest BCUT2D eigenvalue weighted by atomic mass is 10.2. The number of benzene rings is 1. The van der Waals surface area contributed by atoms with E-state index in [1.807, 2.05) is 10.8 Å². The molecular weight excluding hydrogens is 156 g/mol. The third-order valence-corrected chi connectivity index (χ3v) is 2.17. The molecule has 0 bridgehead atoms. The molecule has 0 unspecified atom stereocenters. The van der Waals surface area contributed by atoms with Gasteiger partial charge in [0, 0.05) is 23.7 Å². The second-order valence-electron chi connectivity index (χ2n) is 2.84. The van der Waals surface area contributed by atoms with Crippen LogP contribution in [0, 0.1) is 10.1 Å². The average Bonchev–Trinajstić information content (AvgIpc) is 2.74. The van der Waals surface area contributed by atoms with Crippen molar-refractivity contribution in [1.82, 2.24) is 4.57 Å². The summed E-state index contributed by atoms with van der Waals surface area (Å²) in [7, 11) is 0. The highest BCUT2D eigenvalue weighted by Crippen LogP contribution is 2.40. The van der Waals surface area contributed by atoms with Crippen molar-refractivity contribution in [2.75, 3.05) is 0 Å². The van der Waals surface area contributed by atoms with Crippen LogP contribution >= 0.6 is 0 Å². The number of nitrogens with zero attached hydrogens (tertiary/aromatic N) is 2. The highest BCUT2D eigenvalue weighted by molar-refractivity contribution is 6.01. The molecule has 0 saturated heterocycles. The van der Waals surface area contributed by atoms with Crippen LogP contribution in [-0.4, -0.2) is 9.49 Å². The molecule has 0 radical (unpaired) electrons. The number of rotatable bonds is 1. The van der Waals surface area contributed by atoms with Crippen LogP contribution in [0.3, 0.4) is 0 Å². The fourth-order valence-electron chi connectivity index (χ4n) is 1.49. The lowest BCUT2D eigenvalue weighted by Gasteiger charge is -2.03. The summed E-state index contributed by atoms with van der Waals surface area (Å²) in [5, 5.41) is 11.4. The first kappa shape index (κ1) is 5.77. The molecule has 58 valence electrons. The van der Waals surface area contributed by atoms with Crippen molar-refractivity contribution < 1.29 is 4.92 Å². The van der Waals surface area contributed by atoms with Gasteiger partial charge in [0.05, 0.1) is 16.1 Å². The third kappa shape index (κ3) is 0.492. The number of aromatic nitrogens is 1. The van der Waals surface area contributed by atoms with E-state index in [0.717, 1.165) is 16.6 Å². The van der Waals surface area contributed by atoms with E-state index in [9.17, 15) is 10.1 Å². The molecule has 0 aliphatic carbocycles. The molecule has 12 heavy (non-hydrogen) atoms. The van der Waals surface area contributed by atoms with Gasteiger partial charge in [0.15, 0.2) is 0 Å². The number of hydrogen-bond donors (Lipinski definition) is 0.